The van der Waals surface area contributed by atoms with Crippen LogP contribution in [0.1, 0.15) is 35.7 Å². The fraction of sp³-hybridized carbons (Fsp3) is 0.333. The number of nitrogens with zero attached hydrogens (tertiary/aromatic N) is 1. The van der Waals surface area contributed by atoms with Gasteiger partial charge in [0, 0.05) is 24.7 Å². The number of amides is 2. The van der Waals surface area contributed by atoms with Crippen LogP contribution in [0.15, 0.2) is 48.5 Å². The molecule has 1 heterocycles. The molecule has 0 spiro atoms. The third kappa shape index (κ3) is 4.25. The summed E-state index contributed by atoms with van der Waals surface area (Å²) in [5.41, 5.74) is 2.59. The number of hydrogen-bond donors (Lipinski definition) is 1. The number of benzene rings is 2. The van der Waals surface area contributed by atoms with Gasteiger partial charge in [-0.3, -0.25) is 9.59 Å². The van der Waals surface area contributed by atoms with Crippen molar-refractivity contribution in [3.05, 3.63) is 64.7 Å². The van der Waals surface area contributed by atoms with Crippen molar-refractivity contribution in [3.63, 3.8) is 0 Å². The molecular formula is C21H23ClN2O2. The van der Waals surface area contributed by atoms with Crippen LogP contribution in [0, 0.1) is 5.92 Å². The highest BCUT2D eigenvalue weighted by atomic mass is 35.5. The van der Waals surface area contributed by atoms with Gasteiger partial charge >= 0.3 is 0 Å². The number of likely N-dealkylation sites (tertiary alicyclic amines) is 1. The molecule has 4 nitrogen and oxygen atoms in total. The zero-order valence-electron chi connectivity index (χ0n) is 14.9. The van der Waals surface area contributed by atoms with Crippen LogP contribution in [0.25, 0.3) is 0 Å². The summed E-state index contributed by atoms with van der Waals surface area (Å²) in [6.45, 7) is 3.24. The maximum Gasteiger partial charge on any atom is 0.255 e. The van der Waals surface area contributed by atoms with E-state index in [9.17, 15) is 9.59 Å². The van der Waals surface area contributed by atoms with E-state index in [1.807, 2.05) is 36.4 Å². The number of carbonyl (C=O) groups excluding carboxylic acids is 2. The Kier molecular flexibility index (Phi) is 5.94. The van der Waals surface area contributed by atoms with E-state index in [1.165, 1.54) is 5.56 Å². The maximum atomic E-state index is 12.6. The Morgan fingerprint density at radius 1 is 1.08 bits per heavy atom. The van der Waals surface area contributed by atoms with Crippen molar-refractivity contribution in [1.29, 1.82) is 0 Å². The molecule has 1 saturated heterocycles. The molecule has 0 radical (unpaired) electrons. The molecule has 2 amide bonds. The molecule has 1 N–H and O–H groups in total. The van der Waals surface area contributed by atoms with Gasteiger partial charge in [-0.05, 0) is 49.1 Å². The minimum atomic E-state index is -0.0730. The maximum absolute atomic E-state index is 12.6. The SMILES string of the molecule is CCc1ccc(NC(=O)C2CCN(C(=O)c3ccccc3Cl)CC2)cc1. The van der Waals surface area contributed by atoms with Crippen LogP contribution in [0.5, 0.6) is 0 Å². The van der Waals surface area contributed by atoms with Crippen LogP contribution in [0.4, 0.5) is 5.69 Å². The summed E-state index contributed by atoms with van der Waals surface area (Å²) >= 11 is 6.12. The molecule has 1 fully saturated rings. The summed E-state index contributed by atoms with van der Waals surface area (Å²) in [5.74, 6) is -0.111. The predicted molar refractivity (Wildman–Crippen MR) is 105 cm³/mol. The van der Waals surface area contributed by atoms with Gasteiger partial charge < -0.3 is 10.2 Å². The number of hydrogen-bond acceptors (Lipinski definition) is 2. The van der Waals surface area contributed by atoms with E-state index >= 15 is 0 Å². The van der Waals surface area contributed by atoms with Crippen molar-refractivity contribution in [2.75, 3.05) is 18.4 Å². The number of anilines is 1. The second kappa shape index (κ2) is 8.37. The van der Waals surface area contributed by atoms with Gasteiger partial charge in [-0.2, -0.15) is 0 Å². The lowest BCUT2D eigenvalue weighted by Gasteiger charge is -2.31. The van der Waals surface area contributed by atoms with Crippen molar-refractivity contribution < 1.29 is 9.59 Å². The summed E-state index contributed by atoms with van der Waals surface area (Å²) in [5, 5.41) is 3.45. The molecule has 5 heteroatoms. The monoisotopic (exact) mass is 370 g/mol. The Labute approximate surface area is 159 Å². The summed E-state index contributed by atoms with van der Waals surface area (Å²) in [7, 11) is 0. The minimum absolute atomic E-state index is 0.0269. The van der Waals surface area contributed by atoms with Crippen LogP contribution < -0.4 is 5.32 Å². The highest BCUT2D eigenvalue weighted by Crippen LogP contribution is 2.23. The van der Waals surface area contributed by atoms with Gasteiger partial charge in [0.05, 0.1) is 10.6 Å². The van der Waals surface area contributed by atoms with E-state index in [0.29, 0.717) is 36.5 Å². The van der Waals surface area contributed by atoms with E-state index < -0.39 is 0 Å². The van der Waals surface area contributed by atoms with E-state index in [-0.39, 0.29) is 17.7 Å². The van der Waals surface area contributed by atoms with Gasteiger partial charge in [0.1, 0.15) is 0 Å². The lowest BCUT2D eigenvalue weighted by atomic mass is 9.95. The predicted octanol–water partition coefficient (Wildman–Crippen LogP) is 4.39. The number of halogens is 1. The normalized spacial score (nSPS) is 14.9. The number of rotatable bonds is 4. The third-order valence-corrected chi connectivity index (χ3v) is 5.22. The highest BCUT2D eigenvalue weighted by Gasteiger charge is 2.28. The zero-order valence-corrected chi connectivity index (χ0v) is 15.6. The van der Waals surface area contributed by atoms with Crippen LogP contribution in [-0.2, 0) is 11.2 Å². The van der Waals surface area contributed by atoms with E-state index in [4.69, 9.17) is 11.6 Å². The van der Waals surface area contributed by atoms with Gasteiger partial charge in [-0.1, -0.05) is 42.8 Å². The Morgan fingerprint density at radius 3 is 2.35 bits per heavy atom. The van der Waals surface area contributed by atoms with Crippen molar-refractivity contribution >= 4 is 29.1 Å². The van der Waals surface area contributed by atoms with Crippen LogP contribution >= 0.6 is 11.6 Å². The topological polar surface area (TPSA) is 49.4 Å². The van der Waals surface area contributed by atoms with E-state index in [0.717, 1.165) is 12.1 Å². The lowest BCUT2D eigenvalue weighted by Crippen LogP contribution is -2.41. The number of nitrogens with one attached hydrogen (secondary N) is 1. The molecule has 0 saturated carbocycles. The molecule has 1 aliphatic rings. The second-order valence-corrected chi connectivity index (χ2v) is 6.99. The average molecular weight is 371 g/mol. The second-order valence-electron chi connectivity index (χ2n) is 6.59. The molecule has 0 atom stereocenters. The van der Waals surface area contributed by atoms with Gasteiger partial charge in [-0.15, -0.1) is 0 Å². The Balaban J connectivity index is 1.55. The molecule has 1 aliphatic heterocycles. The Bertz CT molecular complexity index is 781. The molecule has 0 aliphatic carbocycles. The molecule has 0 aromatic heterocycles. The fourth-order valence-electron chi connectivity index (χ4n) is 3.22. The van der Waals surface area contributed by atoms with Crippen LogP contribution in [-0.4, -0.2) is 29.8 Å². The van der Waals surface area contributed by atoms with Crippen molar-refractivity contribution in [3.8, 4) is 0 Å². The van der Waals surface area contributed by atoms with Gasteiger partial charge in [0.2, 0.25) is 5.91 Å². The first-order chi connectivity index (χ1) is 12.6. The van der Waals surface area contributed by atoms with Gasteiger partial charge in [-0.25, -0.2) is 0 Å². The fourth-order valence-corrected chi connectivity index (χ4v) is 3.43. The lowest BCUT2D eigenvalue weighted by molar-refractivity contribution is -0.121. The number of aryl methyl sites for hydroxylation is 1. The molecular weight excluding hydrogens is 348 g/mol. The number of carbonyl (C=O) groups is 2. The standard InChI is InChI=1S/C21H23ClN2O2/c1-2-15-7-9-17(10-8-15)23-20(25)16-11-13-24(14-12-16)21(26)18-5-3-4-6-19(18)22/h3-10,16H,2,11-14H2,1H3,(H,23,25). The number of piperidine rings is 1. The van der Waals surface area contributed by atoms with E-state index in [1.54, 1.807) is 17.0 Å². The van der Waals surface area contributed by atoms with Gasteiger partial charge in [0.15, 0.2) is 0 Å². The average Bonchev–Trinajstić information content (AvgIpc) is 2.68. The summed E-state index contributed by atoms with van der Waals surface area (Å²) in [4.78, 5) is 26.9. The largest absolute Gasteiger partial charge is 0.339 e. The van der Waals surface area contributed by atoms with Crippen molar-refractivity contribution in [2.45, 2.75) is 26.2 Å². The van der Waals surface area contributed by atoms with Crippen LogP contribution in [0.2, 0.25) is 5.02 Å². The highest BCUT2D eigenvalue weighted by molar-refractivity contribution is 6.33. The summed E-state index contributed by atoms with van der Waals surface area (Å²) in [6.07, 6.45) is 2.30. The van der Waals surface area contributed by atoms with Crippen molar-refractivity contribution in [2.24, 2.45) is 5.92 Å². The van der Waals surface area contributed by atoms with Crippen LogP contribution in [0.3, 0.4) is 0 Å². The first-order valence-corrected chi connectivity index (χ1v) is 9.40. The Hall–Kier alpha value is -2.33. The van der Waals surface area contributed by atoms with E-state index in [2.05, 4.69) is 12.2 Å². The summed E-state index contributed by atoms with van der Waals surface area (Å²) < 4.78 is 0. The first-order valence-electron chi connectivity index (χ1n) is 9.02. The molecule has 0 unspecified atom stereocenters. The molecule has 0 bridgehead atoms. The first kappa shape index (κ1) is 18.5. The molecule has 26 heavy (non-hydrogen) atoms. The minimum Gasteiger partial charge on any atom is -0.339 e. The van der Waals surface area contributed by atoms with Crippen molar-refractivity contribution in [1.82, 2.24) is 4.90 Å². The Morgan fingerprint density at radius 2 is 1.73 bits per heavy atom. The van der Waals surface area contributed by atoms with Gasteiger partial charge in [0.25, 0.3) is 5.91 Å². The smallest absolute Gasteiger partial charge is 0.255 e. The zero-order chi connectivity index (χ0) is 18.5. The molecule has 136 valence electrons. The molecule has 3 rings (SSSR count). The quantitative estimate of drug-likeness (QED) is 0.867. The third-order valence-electron chi connectivity index (χ3n) is 4.89. The summed E-state index contributed by atoms with van der Waals surface area (Å²) in [6, 6.07) is 15.0. The molecule has 2 aromatic carbocycles. The molecule has 2 aromatic rings.